The summed E-state index contributed by atoms with van der Waals surface area (Å²) in [5, 5.41) is 3.25. The Kier molecular flexibility index (Phi) is 4.09. The van der Waals surface area contributed by atoms with Crippen LogP contribution in [-0.2, 0) is 22.1 Å². The van der Waals surface area contributed by atoms with E-state index in [9.17, 15) is 8.42 Å². The number of nitrogens with one attached hydrogen (secondary N) is 1. The molecule has 0 atom stereocenters. The van der Waals surface area contributed by atoms with Gasteiger partial charge < -0.3 is 10.2 Å². The normalized spacial score (nSPS) is 15.5. The lowest BCUT2D eigenvalue weighted by Gasteiger charge is -2.16. The average molecular weight is 281 g/mol. The van der Waals surface area contributed by atoms with Crippen molar-refractivity contribution in [2.24, 2.45) is 4.99 Å². The second-order valence-electron chi connectivity index (χ2n) is 4.82. The monoisotopic (exact) mass is 281 g/mol. The van der Waals surface area contributed by atoms with Gasteiger partial charge in [-0.25, -0.2) is 8.42 Å². The third kappa shape index (κ3) is 3.96. The largest absolute Gasteiger partial charge is 0.352 e. The van der Waals surface area contributed by atoms with Crippen molar-refractivity contribution < 1.29 is 8.42 Å². The first kappa shape index (κ1) is 13.9. The maximum absolute atomic E-state index is 11.4. The van der Waals surface area contributed by atoms with E-state index in [1.54, 1.807) is 0 Å². The second-order valence-corrected chi connectivity index (χ2v) is 6.96. The third-order valence-electron chi connectivity index (χ3n) is 3.03. The van der Waals surface area contributed by atoms with E-state index in [2.05, 4.69) is 15.2 Å². The lowest BCUT2D eigenvalue weighted by Crippen LogP contribution is -2.35. The number of likely N-dealkylation sites (N-methyl/N-ethyl adjacent to an activating group) is 1. The fourth-order valence-corrected chi connectivity index (χ4v) is 2.90. The molecule has 1 aliphatic rings. The number of aliphatic imine (C=N–C) groups is 1. The Morgan fingerprint density at radius 1 is 1.32 bits per heavy atom. The average Bonchev–Trinajstić information content (AvgIpc) is 2.72. The highest BCUT2D eigenvalue weighted by Crippen LogP contribution is 2.12. The summed E-state index contributed by atoms with van der Waals surface area (Å²) in [6, 6.07) is 7.59. The minimum atomic E-state index is -3.02. The van der Waals surface area contributed by atoms with E-state index in [-0.39, 0.29) is 5.75 Å². The molecule has 1 aromatic rings. The Bertz CT molecular complexity index is 581. The lowest BCUT2D eigenvalue weighted by atomic mass is 10.1. The molecule has 0 bridgehead atoms. The number of rotatable bonds is 4. The van der Waals surface area contributed by atoms with Crippen LogP contribution in [0.4, 0.5) is 0 Å². The van der Waals surface area contributed by atoms with E-state index in [1.165, 1.54) is 6.26 Å². The maximum Gasteiger partial charge on any atom is 0.194 e. The molecular weight excluding hydrogens is 262 g/mol. The molecule has 0 aromatic heterocycles. The van der Waals surface area contributed by atoms with Crippen molar-refractivity contribution in [2.75, 3.05) is 26.4 Å². The van der Waals surface area contributed by atoms with Gasteiger partial charge in [0.05, 0.1) is 12.3 Å². The molecule has 0 saturated carbocycles. The van der Waals surface area contributed by atoms with E-state index in [1.807, 2.05) is 31.3 Å². The van der Waals surface area contributed by atoms with Crippen LogP contribution in [0.1, 0.15) is 11.1 Å². The molecule has 1 aromatic carbocycles. The van der Waals surface area contributed by atoms with Crippen LogP contribution in [0.25, 0.3) is 0 Å². The number of benzene rings is 1. The van der Waals surface area contributed by atoms with Crippen molar-refractivity contribution in [3.05, 3.63) is 35.4 Å². The Balaban J connectivity index is 2.08. The van der Waals surface area contributed by atoms with Crippen LogP contribution in [0, 0.1) is 0 Å². The summed E-state index contributed by atoms with van der Waals surface area (Å²) in [4.78, 5) is 6.40. The highest BCUT2D eigenvalue weighted by atomic mass is 32.2. The van der Waals surface area contributed by atoms with E-state index >= 15 is 0 Å². The smallest absolute Gasteiger partial charge is 0.194 e. The van der Waals surface area contributed by atoms with E-state index in [0.717, 1.165) is 30.2 Å². The van der Waals surface area contributed by atoms with Crippen LogP contribution in [0.2, 0.25) is 0 Å². The van der Waals surface area contributed by atoms with E-state index in [0.29, 0.717) is 6.54 Å². The fourth-order valence-electron chi connectivity index (χ4n) is 2.05. The molecule has 0 unspecified atom stereocenters. The van der Waals surface area contributed by atoms with Crippen LogP contribution in [0.5, 0.6) is 0 Å². The van der Waals surface area contributed by atoms with Gasteiger partial charge >= 0.3 is 0 Å². The molecule has 2 rings (SSSR count). The molecule has 104 valence electrons. The molecule has 6 heteroatoms. The van der Waals surface area contributed by atoms with Gasteiger partial charge in [0.15, 0.2) is 15.8 Å². The standard InChI is InChI=1S/C13H19N3O2S/c1-16-8-7-14-13(16)15-9-11-5-3-4-6-12(11)10-19(2,17)18/h3-6H,7-10H2,1-2H3,(H,14,15). The highest BCUT2D eigenvalue weighted by molar-refractivity contribution is 7.89. The van der Waals surface area contributed by atoms with Gasteiger partial charge in [0.2, 0.25) is 0 Å². The number of guanidine groups is 1. The molecule has 0 fully saturated rings. The predicted molar refractivity (Wildman–Crippen MR) is 76.8 cm³/mol. The molecule has 1 aliphatic heterocycles. The van der Waals surface area contributed by atoms with Crippen molar-refractivity contribution >= 4 is 15.8 Å². The summed E-state index contributed by atoms with van der Waals surface area (Å²) >= 11 is 0. The molecule has 1 N–H and O–H groups in total. The lowest BCUT2D eigenvalue weighted by molar-refractivity contribution is 0.534. The maximum atomic E-state index is 11.4. The van der Waals surface area contributed by atoms with Crippen molar-refractivity contribution in [2.45, 2.75) is 12.3 Å². The summed E-state index contributed by atoms with van der Waals surface area (Å²) < 4.78 is 22.8. The Morgan fingerprint density at radius 3 is 2.58 bits per heavy atom. The molecule has 0 aliphatic carbocycles. The third-order valence-corrected chi connectivity index (χ3v) is 3.87. The quantitative estimate of drug-likeness (QED) is 0.879. The summed E-state index contributed by atoms with van der Waals surface area (Å²) in [7, 11) is -1.03. The summed E-state index contributed by atoms with van der Waals surface area (Å²) in [6.45, 7) is 2.33. The molecule has 5 nitrogen and oxygen atoms in total. The minimum absolute atomic E-state index is 0.0766. The van der Waals surface area contributed by atoms with Gasteiger partial charge in [0, 0.05) is 26.4 Å². The first-order valence-corrected chi connectivity index (χ1v) is 8.26. The number of nitrogens with zero attached hydrogens (tertiary/aromatic N) is 2. The van der Waals surface area contributed by atoms with E-state index in [4.69, 9.17) is 0 Å². The van der Waals surface area contributed by atoms with Gasteiger partial charge in [-0.05, 0) is 11.1 Å². The van der Waals surface area contributed by atoms with Gasteiger partial charge in [-0.15, -0.1) is 0 Å². The Labute approximate surface area is 114 Å². The molecule has 1 heterocycles. The highest BCUT2D eigenvalue weighted by Gasteiger charge is 2.13. The molecule has 0 radical (unpaired) electrons. The van der Waals surface area contributed by atoms with Crippen molar-refractivity contribution in [1.29, 1.82) is 0 Å². The Hall–Kier alpha value is -1.56. The minimum Gasteiger partial charge on any atom is -0.352 e. The first-order valence-electron chi connectivity index (χ1n) is 6.20. The number of hydrogen-bond acceptors (Lipinski definition) is 5. The molecular formula is C13H19N3O2S. The van der Waals surface area contributed by atoms with Crippen LogP contribution in [-0.4, -0.2) is 45.7 Å². The molecule has 0 saturated heterocycles. The zero-order valence-electron chi connectivity index (χ0n) is 11.3. The first-order chi connectivity index (χ1) is 8.96. The second kappa shape index (κ2) is 5.61. The number of hydrogen-bond donors (Lipinski definition) is 1. The van der Waals surface area contributed by atoms with Crippen LogP contribution in [0.3, 0.4) is 0 Å². The molecule has 19 heavy (non-hydrogen) atoms. The van der Waals surface area contributed by atoms with Crippen LogP contribution in [0.15, 0.2) is 29.3 Å². The van der Waals surface area contributed by atoms with Crippen molar-refractivity contribution in [3.8, 4) is 0 Å². The summed E-state index contributed by atoms with van der Waals surface area (Å²) in [5.74, 6) is 0.946. The fraction of sp³-hybridized carbons (Fsp3) is 0.462. The van der Waals surface area contributed by atoms with Gasteiger partial charge in [0.1, 0.15) is 0 Å². The van der Waals surface area contributed by atoms with Gasteiger partial charge in [-0.2, -0.15) is 0 Å². The van der Waals surface area contributed by atoms with E-state index < -0.39 is 9.84 Å². The Morgan fingerprint density at radius 2 is 2.00 bits per heavy atom. The van der Waals surface area contributed by atoms with Gasteiger partial charge in [-0.3, -0.25) is 4.99 Å². The van der Waals surface area contributed by atoms with Crippen LogP contribution >= 0.6 is 0 Å². The van der Waals surface area contributed by atoms with Crippen molar-refractivity contribution in [1.82, 2.24) is 10.2 Å². The molecule has 0 spiro atoms. The van der Waals surface area contributed by atoms with Crippen LogP contribution < -0.4 is 5.32 Å². The summed E-state index contributed by atoms with van der Waals surface area (Å²) in [6.07, 6.45) is 1.26. The van der Waals surface area contributed by atoms with Gasteiger partial charge in [-0.1, -0.05) is 24.3 Å². The number of sulfone groups is 1. The molecule has 0 amide bonds. The predicted octanol–water partition coefficient (Wildman–Crippen LogP) is 0.622. The zero-order chi connectivity index (χ0) is 13.9. The topological polar surface area (TPSA) is 61.8 Å². The summed E-state index contributed by atoms with van der Waals surface area (Å²) in [5.41, 5.74) is 1.84. The van der Waals surface area contributed by atoms with Crippen molar-refractivity contribution in [3.63, 3.8) is 0 Å². The van der Waals surface area contributed by atoms with Gasteiger partial charge in [0.25, 0.3) is 0 Å². The SMILES string of the molecule is CN1CCN=C1NCc1ccccc1CS(C)(=O)=O. The zero-order valence-corrected chi connectivity index (χ0v) is 12.1.